The van der Waals surface area contributed by atoms with Gasteiger partial charge in [0.05, 0.1) is 0 Å². The molecule has 0 radical (unpaired) electrons. The molecular weight excluding hydrogens is 757 g/mol. The van der Waals surface area contributed by atoms with E-state index in [1.807, 2.05) is 0 Å². The Kier molecular flexibility index (Phi) is 46.0. The zero-order valence-electron chi connectivity index (χ0n) is 39.4. The van der Waals surface area contributed by atoms with E-state index in [0.29, 0.717) is 19.3 Å². The van der Waals surface area contributed by atoms with Crippen molar-refractivity contribution < 1.29 is 28.6 Å². The number of rotatable bonds is 43. The van der Waals surface area contributed by atoms with Gasteiger partial charge in [-0.3, -0.25) is 14.4 Å². The Labute approximate surface area is 375 Å². The molecule has 0 amide bonds. The summed E-state index contributed by atoms with van der Waals surface area (Å²) in [5, 5.41) is 0. The lowest BCUT2D eigenvalue weighted by Crippen LogP contribution is -2.30. The molecule has 0 aliphatic heterocycles. The van der Waals surface area contributed by atoms with Crippen molar-refractivity contribution in [3.8, 4) is 0 Å². The third-order valence-electron chi connectivity index (χ3n) is 10.1. The predicted molar refractivity (Wildman–Crippen MR) is 260 cm³/mol. The van der Waals surface area contributed by atoms with Crippen molar-refractivity contribution in [1.82, 2.24) is 0 Å². The maximum atomic E-state index is 12.7. The van der Waals surface area contributed by atoms with Crippen LogP contribution in [0, 0.1) is 0 Å². The average Bonchev–Trinajstić information content (AvgIpc) is 3.26. The molecule has 1 atom stereocenters. The van der Waals surface area contributed by atoms with Gasteiger partial charge in [0.25, 0.3) is 0 Å². The highest BCUT2D eigenvalue weighted by atomic mass is 16.6. The number of ether oxygens (including phenoxy) is 3. The Balaban J connectivity index is 4.21. The molecule has 1 unspecified atom stereocenters. The van der Waals surface area contributed by atoms with Crippen LogP contribution in [0.15, 0.2) is 97.2 Å². The second-order valence-corrected chi connectivity index (χ2v) is 16.0. The molecule has 6 heteroatoms. The molecular formula is C55H90O6. The van der Waals surface area contributed by atoms with Gasteiger partial charge in [-0.25, -0.2) is 0 Å². The molecule has 0 spiro atoms. The van der Waals surface area contributed by atoms with Crippen LogP contribution in [0.2, 0.25) is 0 Å². The number of carbonyl (C=O) groups is 3. The van der Waals surface area contributed by atoms with Crippen molar-refractivity contribution in [2.24, 2.45) is 0 Å². The molecule has 61 heavy (non-hydrogen) atoms. The molecule has 0 N–H and O–H groups in total. The topological polar surface area (TPSA) is 78.9 Å². The van der Waals surface area contributed by atoms with Crippen LogP contribution in [0.5, 0.6) is 0 Å². The van der Waals surface area contributed by atoms with Gasteiger partial charge in [-0.15, -0.1) is 0 Å². The third kappa shape index (κ3) is 47.2. The smallest absolute Gasteiger partial charge is 0.306 e. The van der Waals surface area contributed by atoms with Gasteiger partial charge < -0.3 is 14.2 Å². The van der Waals surface area contributed by atoms with E-state index in [1.54, 1.807) is 0 Å². The highest BCUT2D eigenvalue weighted by Crippen LogP contribution is 2.14. The lowest BCUT2D eigenvalue weighted by molar-refractivity contribution is -0.167. The summed E-state index contributed by atoms with van der Waals surface area (Å²) in [4.78, 5) is 37.6. The molecule has 0 bridgehead atoms. The van der Waals surface area contributed by atoms with E-state index >= 15 is 0 Å². The summed E-state index contributed by atoms with van der Waals surface area (Å²) in [7, 11) is 0. The lowest BCUT2D eigenvalue weighted by atomic mass is 10.1. The van der Waals surface area contributed by atoms with E-state index in [9.17, 15) is 14.4 Å². The Morgan fingerprint density at radius 3 is 1.03 bits per heavy atom. The van der Waals surface area contributed by atoms with Gasteiger partial charge in [0.15, 0.2) is 6.10 Å². The first kappa shape index (κ1) is 57.3. The molecule has 0 aliphatic rings. The maximum absolute atomic E-state index is 12.7. The van der Waals surface area contributed by atoms with Gasteiger partial charge >= 0.3 is 17.9 Å². The molecule has 0 aliphatic carbocycles. The summed E-state index contributed by atoms with van der Waals surface area (Å²) in [6, 6.07) is 0. The highest BCUT2D eigenvalue weighted by Gasteiger charge is 2.19. The SMILES string of the molecule is CC/C=C\C/C=C\C/C=C\C/C=C\CCCCCCCCCCCCC(=O)OCC(COC(=O)CCCCCCC)OC(=O)CCCC/C=C\C/C=C\C/C=C\C/C=C\CC. The molecule has 346 valence electrons. The zero-order valence-corrected chi connectivity index (χ0v) is 39.4. The summed E-state index contributed by atoms with van der Waals surface area (Å²) >= 11 is 0. The first-order valence-electron chi connectivity index (χ1n) is 24.7. The van der Waals surface area contributed by atoms with Crippen LogP contribution in [-0.4, -0.2) is 37.2 Å². The fourth-order valence-corrected chi connectivity index (χ4v) is 6.42. The second-order valence-electron chi connectivity index (χ2n) is 16.0. The van der Waals surface area contributed by atoms with E-state index in [0.717, 1.165) is 116 Å². The summed E-state index contributed by atoms with van der Waals surface area (Å²) < 4.78 is 16.6. The lowest BCUT2D eigenvalue weighted by Gasteiger charge is -2.18. The van der Waals surface area contributed by atoms with E-state index in [1.165, 1.54) is 51.4 Å². The Morgan fingerprint density at radius 2 is 0.639 bits per heavy atom. The first-order chi connectivity index (χ1) is 30.0. The molecule has 0 saturated carbocycles. The minimum atomic E-state index is -0.797. The van der Waals surface area contributed by atoms with E-state index < -0.39 is 6.10 Å². The van der Waals surface area contributed by atoms with Crippen LogP contribution in [0.25, 0.3) is 0 Å². The maximum Gasteiger partial charge on any atom is 0.306 e. The van der Waals surface area contributed by atoms with Gasteiger partial charge in [0, 0.05) is 19.3 Å². The first-order valence-corrected chi connectivity index (χ1v) is 24.7. The van der Waals surface area contributed by atoms with Crippen LogP contribution in [0.3, 0.4) is 0 Å². The molecule has 0 heterocycles. The van der Waals surface area contributed by atoms with Crippen molar-refractivity contribution in [2.75, 3.05) is 13.2 Å². The molecule has 0 saturated heterocycles. The van der Waals surface area contributed by atoms with Crippen molar-refractivity contribution in [3.05, 3.63) is 97.2 Å². The summed E-state index contributed by atoms with van der Waals surface area (Å²) in [6.45, 7) is 6.27. The van der Waals surface area contributed by atoms with Gasteiger partial charge in [-0.05, 0) is 96.3 Å². The number of carbonyl (C=O) groups excluding carboxylic acids is 3. The number of hydrogen-bond donors (Lipinski definition) is 0. The largest absolute Gasteiger partial charge is 0.462 e. The quantitative estimate of drug-likeness (QED) is 0.0263. The van der Waals surface area contributed by atoms with Gasteiger partial charge in [0.2, 0.25) is 0 Å². The summed E-state index contributed by atoms with van der Waals surface area (Å²) in [5.74, 6) is -0.963. The number of hydrogen-bond acceptors (Lipinski definition) is 6. The molecule has 0 aromatic rings. The van der Waals surface area contributed by atoms with Crippen molar-refractivity contribution in [2.45, 2.75) is 219 Å². The number of allylic oxidation sites excluding steroid dienone is 16. The molecule has 6 nitrogen and oxygen atoms in total. The monoisotopic (exact) mass is 847 g/mol. The molecule has 0 aromatic heterocycles. The summed E-state index contributed by atoms with van der Waals surface area (Å²) in [5.41, 5.74) is 0. The van der Waals surface area contributed by atoms with Gasteiger partial charge in [-0.2, -0.15) is 0 Å². The molecule has 0 aromatic carbocycles. The Hall–Kier alpha value is -3.67. The van der Waals surface area contributed by atoms with Crippen LogP contribution < -0.4 is 0 Å². The van der Waals surface area contributed by atoms with E-state index in [4.69, 9.17) is 14.2 Å². The van der Waals surface area contributed by atoms with Crippen LogP contribution in [0.1, 0.15) is 213 Å². The van der Waals surface area contributed by atoms with E-state index in [-0.39, 0.29) is 37.5 Å². The summed E-state index contributed by atoms with van der Waals surface area (Å²) in [6.07, 6.45) is 64.3. The normalized spacial score (nSPS) is 12.9. The van der Waals surface area contributed by atoms with Gasteiger partial charge in [0.1, 0.15) is 13.2 Å². The highest BCUT2D eigenvalue weighted by molar-refractivity contribution is 5.71. The Morgan fingerprint density at radius 1 is 0.344 bits per heavy atom. The minimum absolute atomic E-state index is 0.0972. The number of esters is 3. The van der Waals surface area contributed by atoms with Crippen LogP contribution >= 0.6 is 0 Å². The number of unbranched alkanes of at least 4 members (excludes halogenated alkanes) is 16. The van der Waals surface area contributed by atoms with Crippen molar-refractivity contribution >= 4 is 17.9 Å². The molecule has 0 rings (SSSR count). The zero-order chi connectivity index (χ0) is 44.4. The standard InChI is InChI=1S/C55H90O6/c1-4-7-10-13-15-17-19-21-23-24-25-26-27-28-29-30-32-33-35-37-39-42-45-48-54(57)60-51-52(50-59-53(56)47-44-41-12-9-6-3)61-55(58)49-46-43-40-38-36-34-31-22-20-18-16-14-11-8-5-2/h7-8,10-11,15-18,21-23,25-26,31,36,38,52H,4-6,9,12-14,19-20,24,27-30,32-35,37,39-51H2,1-3H3/b10-7-,11-8-,17-15-,18-16-,23-21-,26-25-,31-22-,38-36-. The van der Waals surface area contributed by atoms with Crippen molar-refractivity contribution in [3.63, 3.8) is 0 Å². The minimum Gasteiger partial charge on any atom is -0.462 e. The van der Waals surface area contributed by atoms with E-state index in [2.05, 4.69) is 118 Å². The van der Waals surface area contributed by atoms with Crippen molar-refractivity contribution in [1.29, 1.82) is 0 Å². The predicted octanol–water partition coefficient (Wildman–Crippen LogP) is 16.2. The molecule has 0 fully saturated rings. The fourth-order valence-electron chi connectivity index (χ4n) is 6.42. The third-order valence-corrected chi connectivity index (χ3v) is 10.1. The van der Waals surface area contributed by atoms with Crippen LogP contribution in [-0.2, 0) is 28.6 Å². The second kappa shape index (κ2) is 49.0. The fraction of sp³-hybridized carbons (Fsp3) is 0.655. The van der Waals surface area contributed by atoms with Gasteiger partial charge in [-0.1, -0.05) is 195 Å². The van der Waals surface area contributed by atoms with Crippen LogP contribution in [0.4, 0.5) is 0 Å². The average molecular weight is 847 g/mol. The Bertz CT molecular complexity index is 1250.